The van der Waals surface area contributed by atoms with E-state index in [1.54, 1.807) is 6.07 Å². The summed E-state index contributed by atoms with van der Waals surface area (Å²) in [7, 11) is 0. The van der Waals surface area contributed by atoms with Crippen LogP contribution in [0.25, 0.3) is 10.4 Å². The highest BCUT2D eigenvalue weighted by Gasteiger charge is 2.08. The molecule has 0 amide bonds. The van der Waals surface area contributed by atoms with Crippen LogP contribution in [0.1, 0.15) is 22.3 Å². The molecule has 0 saturated carbocycles. The maximum Gasteiger partial charge on any atom is 0.119 e. The lowest BCUT2D eigenvalue weighted by Gasteiger charge is -2.11. The van der Waals surface area contributed by atoms with E-state index >= 15 is 0 Å². The van der Waals surface area contributed by atoms with Crippen molar-refractivity contribution >= 4 is 0 Å². The van der Waals surface area contributed by atoms with Gasteiger partial charge in [-0.25, -0.2) is 0 Å². The zero-order valence-electron chi connectivity index (χ0n) is 8.57. The minimum Gasteiger partial charge on any atom is -0.508 e. The van der Waals surface area contributed by atoms with E-state index in [1.807, 2.05) is 20.8 Å². The first-order chi connectivity index (χ1) is 6.57. The van der Waals surface area contributed by atoms with Crippen LogP contribution in [-0.2, 0) is 6.54 Å². The van der Waals surface area contributed by atoms with Crippen molar-refractivity contribution in [2.24, 2.45) is 5.11 Å². The Morgan fingerprint density at radius 2 is 2.00 bits per heavy atom. The predicted molar refractivity (Wildman–Crippen MR) is 55.2 cm³/mol. The highest BCUT2D eigenvalue weighted by Crippen LogP contribution is 2.26. The highest BCUT2D eigenvalue weighted by atomic mass is 16.3. The molecule has 1 N–H and O–H groups in total. The van der Waals surface area contributed by atoms with Gasteiger partial charge in [-0.05, 0) is 54.6 Å². The van der Waals surface area contributed by atoms with E-state index in [9.17, 15) is 5.11 Å². The topological polar surface area (TPSA) is 69.0 Å². The van der Waals surface area contributed by atoms with Crippen LogP contribution in [-0.4, -0.2) is 5.11 Å². The van der Waals surface area contributed by atoms with Gasteiger partial charge in [-0.2, -0.15) is 0 Å². The number of rotatable bonds is 2. The standard InChI is InChI=1S/C10H13N3O/c1-6-4-10(14)8(3)7(2)9(6)5-12-13-11/h4,14H,5H2,1-3H3. The molecule has 4 nitrogen and oxygen atoms in total. The summed E-state index contributed by atoms with van der Waals surface area (Å²) in [5, 5.41) is 13.1. The van der Waals surface area contributed by atoms with Crippen LogP contribution < -0.4 is 0 Å². The van der Waals surface area contributed by atoms with Crippen LogP contribution >= 0.6 is 0 Å². The Labute approximate surface area is 82.8 Å². The molecule has 4 heteroatoms. The molecule has 0 aliphatic heterocycles. The van der Waals surface area contributed by atoms with Gasteiger partial charge in [0, 0.05) is 4.91 Å². The van der Waals surface area contributed by atoms with Crippen LogP contribution in [0, 0.1) is 20.8 Å². The first-order valence-corrected chi connectivity index (χ1v) is 4.37. The summed E-state index contributed by atoms with van der Waals surface area (Å²) in [5.41, 5.74) is 12.0. The van der Waals surface area contributed by atoms with Crippen molar-refractivity contribution in [3.05, 3.63) is 38.8 Å². The maximum absolute atomic E-state index is 9.53. The lowest BCUT2D eigenvalue weighted by Crippen LogP contribution is -1.95. The van der Waals surface area contributed by atoms with E-state index in [0.29, 0.717) is 12.3 Å². The van der Waals surface area contributed by atoms with Crippen molar-refractivity contribution in [3.8, 4) is 5.75 Å². The zero-order valence-corrected chi connectivity index (χ0v) is 8.57. The Kier molecular flexibility index (Phi) is 2.99. The van der Waals surface area contributed by atoms with Gasteiger partial charge in [0.05, 0.1) is 6.54 Å². The molecule has 0 radical (unpaired) electrons. The summed E-state index contributed by atoms with van der Waals surface area (Å²) < 4.78 is 0. The van der Waals surface area contributed by atoms with Crippen LogP contribution in [0.2, 0.25) is 0 Å². The lowest BCUT2D eigenvalue weighted by molar-refractivity contribution is 0.469. The molecule has 0 atom stereocenters. The molecule has 14 heavy (non-hydrogen) atoms. The lowest BCUT2D eigenvalue weighted by atomic mass is 9.97. The van der Waals surface area contributed by atoms with Crippen molar-refractivity contribution < 1.29 is 5.11 Å². The normalized spacial score (nSPS) is 9.64. The number of nitrogens with zero attached hydrogens (tertiary/aromatic N) is 3. The van der Waals surface area contributed by atoms with Crippen molar-refractivity contribution in [2.75, 3.05) is 0 Å². The number of phenols is 1. The second kappa shape index (κ2) is 4.03. The summed E-state index contributed by atoms with van der Waals surface area (Å²) in [6.07, 6.45) is 0. The Balaban J connectivity index is 3.28. The molecule has 0 heterocycles. The number of hydrogen-bond acceptors (Lipinski definition) is 2. The molecule has 1 aromatic carbocycles. The quantitative estimate of drug-likeness (QED) is 0.435. The number of benzene rings is 1. The summed E-state index contributed by atoms with van der Waals surface area (Å²) in [6, 6.07) is 1.70. The van der Waals surface area contributed by atoms with Crippen LogP contribution in [0.15, 0.2) is 11.2 Å². The minimum atomic E-state index is 0.296. The molecule has 0 aliphatic rings. The largest absolute Gasteiger partial charge is 0.508 e. The number of hydrogen-bond donors (Lipinski definition) is 1. The Hall–Kier alpha value is -1.67. The van der Waals surface area contributed by atoms with Crippen molar-refractivity contribution in [2.45, 2.75) is 27.3 Å². The number of azide groups is 1. The number of aryl methyl sites for hydroxylation is 1. The fourth-order valence-corrected chi connectivity index (χ4v) is 1.46. The summed E-state index contributed by atoms with van der Waals surface area (Å²) in [6.45, 7) is 6.01. The third-order valence-electron chi connectivity index (χ3n) is 2.52. The predicted octanol–water partition coefficient (Wildman–Crippen LogP) is 3.13. The van der Waals surface area contributed by atoms with E-state index in [1.165, 1.54) is 0 Å². The van der Waals surface area contributed by atoms with Crippen LogP contribution in [0.4, 0.5) is 0 Å². The smallest absolute Gasteiger partial charge is 0.119 e. The van der Waals surface area contributed by atoms with Gasteiger partial charge in [-0.3, -0.25) is 0 Å². The second-order valence-electron chi connectivity index (χ2n) is 3.33. The molecule has 0 aromatic heterocycles. The van der Waals surface area contributed by atoms with Gasteiger partial charge >= 0.3 is 0 Å². The molecule has 0 spiro atoms. The molecule has 0 aliphatic carbocycles. The SMILES string of the molecule is Cc1cc(O)c(C)c(C)c1CN=[N+]=[N-]. The monoisotopic (exact) mass is 191 g/mol. The summed E-state index contributed by atoms with van der Waals surface area (Å²) >= 11 is 0. The van der Waals surface area contributed by atoms with Gasteiger partial charge in [0.15, 0.2) is 0 Å². The Bertz CT molecular complexity index is 406. The highest BCUT2D eigenvalue weighted by molar-refractivity contribution is 5.47. The van der Waals surface area contributed by atoms with Crippen molar-refractivity contribution in [3.63, 3.8) is 0 Å². The third kappa shape index (κ3) is 1.80. The fourth-order valence-electron chi connectivity index (χ4n) is 1.46. The molecule has 0 fully saturated rings. The third-order valence-corrected chi connectivity index (χ3v) is 2.52. The zero-order chi connectivity index (χ0) is 10.7. The van der Waals surface area contributed by atoms with Crippen LogP contribution in [0.3, 0.4) is 0 Å². The van der Waals surface area contributed by atoms with Gasteiger partial charge in [0.2, 0.25) is 0 Å². The molecule has 74 valence electrons. The molecule has 0 bridgehead atoms. The molecule has 0 saturated heterocycles. The van der Waals surface area contributed by atoms with E-state index < -0.39 is 0 Å². The molecule has 0 unspecified atom stereocenters. The second-order valence-corrected chi connectivity index (χ2v) is 3.33. The minimum absolute atomic E-state index is 0.296. The molecular formula is C10H13N3O. The van der Waals surface area contributed by atoms with Gasteiger partial charge < -0.3 is 5.11 Å². The molecular weight excluding hydrogens is 178 g/mol. The molecule has 1 rings (SSSR count). The van der Waals surface area contributed by atoms with E-state index in [-0.39, 0.29) is 0 Å². The average molecular weight is 191 g/mol. The van der Waals surface area contributed by atoms with E-state index in [0.717, 1.165) is 22.3 Å². The van der Waals surface area contributed by atoms with Crippen molar-refractivity contribution in [1.29, 1.82) is 0 Å². The number of phenolic OH excluding ortho intramolecular Hbond substituents is 1. The van der Waals surface area contributed by atoms with Gasteiger partial charge in [0.25, 0.3) is 0 Å². The van der Waals surface area contributed by atoms with E-state index in [2.05, 4.69) is 10.0 Å². The fraction of sp³-hybridized carbons (Fsp3) is 0.400. The first-order valence-electron chi connectivity index (χ1n) is 4.37. The van der Waals surface area contributed by atoms with Gasteiger partial charge in [-0.15, -0.1) is 0 Å². The Morgan fingerprint density at radius 1 is 1.36 bits per heavy atom. The van der Waals surface area contributed by atoms with E-state index in [4.69, 9.17) is 5.53 Å². The maximum atomic E-state index is 9.53. The van der Waals surface area contributed by atoms with Gasteiger partial charge in [-0.1, -0.05) is 5.11 Å². The molecule has 1 aromatic rings. The summed E-state index contributed by atoms with van der Waals surface area (Å²) in [4.78, 5) is 2.73. The van der Waals surface area contributed by atoms with Crippen molar-refractivity contribution in [1.82, 2.24) is 0 Å². The number of aromatic hydroxyl groups is 1. The first kappa shape index (κ1) is 10.4. The van der Waals surface area contributed by atoms with Gasteiger partial charge in [0.1, 0.15) is 5.75 Å². The average Bonchev–Trinajstić information content (AvgIpc) is 2.14. The van der Waals surface area contributed by atoms with Crippen LogP contribution in [0.5, 0.6) is 5.75 Å². The Morgan fingerprint density at radius 3 is 2.57 bits per heavy atom. The summed E-state index contributed by atoms with van der Waals surface area (Å²) in [5.74, 6) is 0.296.